The van der Waals surface area contributed by atoms with Crippen LogP contribution in [0, 0.1) is 0 Å². The Bertz CT molecular complexity index is 783. The van der Waals surface area contributed by atoms with Gasteiger partial charge >= 0.3 is 5.97 Å². The number of phenols is 1. The first kappa shape index (κ1) is 19.5. The number of hydrogen-bond donors (Lipinski definition) is 3. The normalized spacial score (nSPS) is 13.5. The number of carboxylic acids is 1. The van der Waals surface area contributed by atoms with Gasteiger partial charge in [0.05, 0.1) is 11.1 Å². The highest BCUT2D eigenvalue weighted by atomic mass is 16.4. The van der Waals surface area contributed by atoms with E-state index in [1.807, 2.05) is 13.8 Å². The van der Waals surface area contributed by atoms with E-state index in [1.54, 1.807) is 30.3 Å². The average Bonchev–Trinajstić information content (AvgIpc) is 2.69. The molecule has 3 rings (SSSR count). The standard InChI is InChI=1S/C18H18N2O4.C2H6/c21-16-11-12(20-9-7-19-8-10-20)5-6-15(16)17(22)13-3-1-2-4-14(13)18(23)24;1-2/h1-6,11,19,21H,7-10H2,(H,23,24);1-2H3. The van der Waals surface area contributed by atoms with Crippen LogP contribution in [0.1, 0.15) is 40.1 Å². The van der Waals surface area contributed by atoms with Gasteiger partial charge in [-0.1, -0.05) is 32.0 Å². The molecule has 2 aromatic carbocycles. The molecule has 6 nitrogen and oxygen atoms in total. The first-order valence-corrected chi connectivity index (χ1v) is 8.73. The van der Waals surface area contributed by atoms with Gasteiger partial charge in [-0.2, -0.15) is 0 Å². The Kier molecular flexibility index (Phi) is 6.74. The molecule has 0 bridgehead atoms. The molecule has 6 heteroatoms. The second-order valence-electron chi connectivity index (χ2n) is 5.62. The summed E-state index contributed by atoms with van der Waals surface area (Å²) >= 11 is 0. The quantitative estimate of drug-likeness (QED) is 0.730. The summed E-state index contributed by atoms with van der Waals surface area (Å²) in [5.74, 6) is -1.82. The van der Waals surface area contributed by atoms with Gasteiger partial charge in [-0.25, -0.2) is 4.79 Å². The summed E-state index contributed by atoms with van der Waals surface area (Å²) in [6.45, 7) is 7.39. The van der Waals surface area contributed by atoms with Crippen LogP contribution in [0.5, 0.6) is 5.75 Å². The Balaban J connectivity index is 0.00000117. The van der Waals surface area contributed by atoms with Gasteiger partial charge in [0.25, 0.3) is 0 Å². The number of nitrogens with zero attached hydrogens (tertiary/aromatic N) is 1. The summed E-state index contributed by atoms with van der Waals surface area (Å²) in [6, 6.07) is 10.9. The Morgan fingerprint density at radius 3 is 2.15 bits per heavy atom. The molecule has 1 fully saturated rings. The number of aromatic carboxylic acids is 1. The van der Waals surface area contributed by atoms with Crippen LogP contribution in [-0.2, 0) is 0 Å². The molecule has 0 atom stereocenters. The van der Waals surface area contributed by atoms with Crippen molar-refractivity contribution in [3.05, 3.63) is 59.2 Å². The van der Waals surface area contributed by atoms with Crippen molar-refractivity contribution in [3.63, 3.8) is 0 Å². The lowest BCUT2D eigenvalue weighted by Gasteiger charge is -2.29. The highest BCUT2D eigenvalue weighted by Crippen LogP contribution is 2.27. The van der Waals surface area contributed by atoms with E-state index >= 15 is 0 Å². The van der Waals surface area contributed by atoms with Gasteiger partial charge in [0.1, 0.15) is 5.75 Å². The number of nitrogens with one attached hydrogen (secondary N) is 1. The van der Waals surface area contributed by atoms with E-state index in [2.05, 4.69) is 10.2 Å². The minimum atomic E-state index is -1.17. The summed E-state index contributed by atoms with van der Waals surface area (Å²) < 4.78 is 0. The molecule has 26 heavy (non-hydrogen) atoms. The number of piperazine rings is 1. The number of ketones is 1. The molecule has 1 heterocycles. The lowest BCUT2D eigenvalue weighted by Crippen LogP contribution is -2.43. The van der Waals surface area contributed by atoms with Crippen LogP contribution < -0.4 is 10.2 Å². The van der Waals surface area contributed by atoms with E-state index in [1.165, 1.54) is 12.1 Å². The lowest BCUT2D eigenvalue weighted by atomic mass is 9.97. The highest BCUT2D eigenvalue weighted by molar-refractivity contribution is 6.15. The van der Waals surface area contributed by atoms with Crippen molar-refractivity contribution >= 4 is 17.4 Å². The number of benzene rings is 2. The molecule has 1 aliphatic rings. The summed E-state index contributed by atoms with van der Waals surface area (Å²) in [7, 11) is 0. The molecule has 0 unspecified atom stereocenters. The molecule has 0 aliphatic carbocycles. The molecule has 0 spiro atoms. The molecule has 0 radical (unpaired) electrons. The fraction of sp³-hybridized carbons (Fsp3) is 0.300. The maximum absolute atomic E-state index is 12.6. The smallest absolute Gasteiger partial charge is 0.336 e. The lowest BCUT2D eigenvalue weighted by molar-refractivity contribution is 0.0692. The van der Waals surface area contributed by atoms with E-state index in [0.717, 1.165) is 31.9 Å². The predicted octanol–water partition coefficient (Wildman–Crippen LogP) is 2.76. The van der Waals surface area contributed by atoms with E-state index in [-0.39, 0.29) is 22.4 Å². The Labute approximate surface area is 153 Å². The van der Waals surface area contributed by atoms with Crippen LogP contribution >= 0.6 is 0 Å². The maximum Gasteiger partial charge on any atom is 0.336 e. The van der Waals surface area contributed by atoms with E-state index in [9.17, 15) is 19.8 Å². The summed E-state index contributed by atoms with van der Waals surface area (Å²) in [4.78, 5) is 26.0. The minimum absolute atomic E-state index is 0.0650. The zero-order chi connectivity index (χ0) is 19.1. The third kappa shape index (κ3) is 4.21. The van der Waals surface area contributed by atoms with Crippen LogP contribution in [-0.4, -0.2) is 48.1 Å². The fourth-order valence-corrected chi connectivity index (χ4v) is 2.84. The third-order valence-corrected chi connectivity index (χ3v) is 4.11. The van der Waals surface area contributed by atoms with Gasteiger partial charge in [0.2, 0.25) is 0 Å². The van der Waals surface area contributed by atoms with E-state index in [4.69, 9.17) is 0 Å². The molecule has 2 aromatic rings. The van der Waals surface area contributed by atoms with E-state index in [0.29, 0.717) is 0 Å². The Hall–Kier alpha value is -2.86. The predicted molar refractivity (Wildman–Crippen MR) is 101 cm³/mol. The molecular formula is C20H24N2O4. The van der Waals surface area contributed by atoms with Crippen LogP contribution in [0.15, 0.2) is 42.5 Å². The van der Waals surface area contributed by atoms with Gasteiger partial charge in [0, 0.05) is 43.5 Å². The second-order valence-corrected chi connectivity index (χ2v) is 5.62. The van der Waals surface area contributed by atoms with Crippen molar-refractivity contribution in [1.29, 1.82) is 0 Å². The molecule has 0 saturated carbocycles. The third-order valence-electron chi connectivity index (χ3n) is 4.11. The van der Waals surface area contributed by atoms with Gasteiger partial charge in [-0.3, -0.25) is 4.79 Å². The number of hydrogen-bond acceptors (Lipinski definition) is 5. The van der Waals surface area contributed by atoms with Gasteiger partial charge in [-0.05, 0) is 18.2 Å². The highest BCUT2D eigenvalue weighted by Gasteiger charge is 2.21. The number of carbonyl (C=O) groups is 2. The summed E-state index contributed by atoms with van der Waals surface area (Å²) in [6.07, 6.45) is 0. The van der Waals surface area contributed by atoms with Crippen molar-refractivity contribution < 1.29 is 19.8 Å². The van der Waals surface area contributed by atoms with Crippen molar-refractivity contribution in [2.75, 3.05) is 31.1 Å². The second kappa shape index (κ2) is 9.01. The number of anilines is 1. The van der Waals surface area contributed by atoms with Gasteiger partial charge in [0.15, 0.2) is 5.78 Å². The van der Waals surface area contributed by atoms with E-state index < -0.39 is 11.8 Å². The van der Waals surface area contributed by atoms with Crippen LogP contribution in [0.25, 0.3) is 0 Å². The van der Waals surface area contributed by atoms with Crippen LogP contribution in [0.3, 0.4) is 0 Å². The molecule has 138 valence electrons. The first-order chi connectivity index (χ1) is 12.6. The van der Waals surface area contributed by atoms with Crippen LogP contribution in [0.4, 0.5) is 5.69 Å². The zero-order valence-electron chi connectivity index (χ0n) is 15.0. The largest absolute Gasteiger partial charge is 0.507 e. The fourth-order valence-electron chi connectivity index (χ4n) is 2.84. The van der Waals surface area contributed by atoms with Crippen molar-refractivity contribution in [3.8, 4) is 5.75 Å². The van der Waals surface area contributed by atoms with Crippen molar-refractivity contribution in [2.24, 2.45) is 0 Å². The summed E-state index contributed by atoms with van der Waals surface area (Å²) in [5.41, 5.74) is 0.933. The van der Waals surface area contributed by atoms with Crippen molar-refractivity contribution in [1.82, 2.24) is 5.32 Å². The molecule has 1 saturated heterocycles. The zero-order valence-corrected chi connectivity index (χ0v) is 15.0. The molecule has 0 aromatic heterocycles. The molecule has 0 amide bonds. The first-order valence-electron chi connectivity index (χ1n) is 8.73. The van der Waals surface area contributed by atoms with Crippen molar-refractivity contribution in [2.45, 2.75) is 13.8 Å². The SMILES string of the molecule is CC.O=C(O)c1ccccc1C(=O)c1ccc(N2CCNCC2)cc1O. The minimum Gasteiger partial charge on any atom is -0.507 e. The molecule has 3 N–H and O–H groups in total. The summed E-state index contributed by atoms with van der Waals surface area (Å²) in [5, 5.41) is 22.7. The average molecular weight is 356 g/mol. The molecular weight excluding hydrogens is 332 g/mol. The van der Waals surface area contributed by atoms with Gasteiger partial charge < -0.3 is 20.4 Å². The molecule has 1 aliphatic heterocycles. The number of aromatic hydroxyl groups is 1. The van der Waals surface area contributed by atoms with Gasteiger partial charge in [-0.15, -0.1) is 0 Å². The number of carbonyl (C=O) groups excluding carboxylic acids is 1. The maximum atomic E-state index is 12.6. The topological polar surface area (TPSA) is 89.9 Å². The Morgan fingerprint density at radius 1 is 0.962 bits per heavy atom. The Morgan fingerprint density at radius 2 is 1.58 bits per heavy atom. The number of rotatable bonds is 4. The number of carboxylic acid groups (broad SMARTS) is 1. The number of phenolic OH excluding ortho intramolecular Hbond substituents is 1. The van der Waals surface area contributed by atoms with Crippen LogP contribution in [0.2, 0.25) is 0 Å². The monoisotopic (exact) mass is 356 g/mol.